The molecule has 0 amide bonds. The van der Waals surface area contributed by atoms with Crippen molar-refractivity contribution in [2.45, 2.75) is 38.3 Å². The summed E-state index contributed by atoms with van der Waals surface area (Å²) in [6.45, 7) is 4.34. The van der Waals surface area contributed by atoms with Gasteiger partial charge in [-0.2, -0.15) is 0 Å². The van der Waals surface area contributed by atoms with Gasteiger partial charge in [-0.25, -0.2) is 4.39 Å². The summed E-state index contributed by atoms with van der Waals surface area (Å²) < 4.78 is 19.8. The Labute approximate surface area is 127 Å². The van der Waals surface area contributed by atoms with Crippen LogP contribution in [0.2, 0.25) is 0 Å². The molecule has 3 nitrogen and oxygen atoms in total. The van der Waals surface area contributed by atoms with E-state index in [-0.39, 0.29) is 17.9 Å². The number of rotatable bonds is 9. The van der Waals surface area contributed by atoms with Gasteiger partial charge in [0.1, 0.15) is 5.82 Å². The van der Waals surface area contributed by atoms with Gasteiger partial charge in [-0.3, -0.25) is 4.90 Å². The van der Waals surface area contributed by atoms with Gasteiger partial charge in [-0.05, 0) is 38.3 Å². The largest absolute Gasteiger partial charge is 0.380 e. The number of benzene rings is 1. The van der Waals surface area contributed by atoms with Gasteiger partial charge in [0.25, 0.3) is 0 Å². The maximum atomic E-state index is 14.1. The van der Waals surface area contributed by atoms with Crippen molar-refractivity contribution in [3.8, 4) is 0 Å². The summed E-state index contributed by atoms with van der Waals surface area (Å²) in [6, 6.07) is 6.72. The van der Waals surface area contributed by atoms with Crippen molar-refractivity contribution < 1.29 is 9.13 Å². The molecule has 0 saturated heterocycles. The summed E-state index contributed by atoms with van der Waals surface area (Å²) >= 11 is 0. The minimum absolute atomic E-state index is 0.0877. The summed E-state index contributed by atoms with van der Waals surface area (Å²) in [6.07, 6.45) is 3.41. The van der Waals surface area contributed by atoms with Crippen LogP contribution in [0.1, 0.15) is 37.8 Å². The molecule has 0 aromatic heterocycles. The first-order valence-electron chi connectivity index (χ1n) is 7.91. The minimum atomic E-state index is -0.183. The molecule has 21 heavy (non-hydrogen) atoms. The second-order valence-electron chi connectivity index (χ2n) is 6.04. The smallest absolute Gasteiger partial charge is 0.128 e. The summed E-state index contributed by atoms with van der Waals surface area (Å²) in [4.78, 5) is 2.11. The number of nitrogens with two attached hydrogens (primary N) is 1. The van der Waals surface area contributed by atoms with Gasteiger partial charge < -0.3 is 10.5 Å². The lowest BCUT2D eigenvalue weighted by Gasteiger charge is -2.33. The van der Waals surface area contributed by atoms with Crippen LogP contribution >= 0.6 is 0 Å². The molecule has 0 bridgehead atoms. The summed E-state index contributed by atoms with van der Waals surface area (Å²) in [5.41, 5.74) is 6.91. The number of hydrogen-bond acceptors (Lipinski definition) is 3. The standard InChI is InChI=1S/C17H27FN2O/c1-3-16(19)17(14-6-4-5-7-15(14)18)20(2)10-11-21-12-13-8-9-13/h4-7,13,16-17H,3,8-12,19H2,1-2H3. The molecule has 1 aromatic rings. The van der Waals surface area contributed by atoms with Crippen LogP contribution in [0.4, 0.5) is 4.39 Å². The zero-order valence-corrected chi connectivity index (χ0v) is 13.1. The lowest BCUT2D eigenvalue weighted by Crippen LogP contribution is -2.40. The van der Waals surface area contributed by atoms with Gasteiger partial charge in [0.2, 0.25) is 0 Å². The van der Waals surface area contributed by atoms with E-state index in [1.807, 2.05) is 26.1 Å². The maximum Gasteiger partial charge on any atom is 0.128 e. The van der Waals surface area contributed by atoms with Crippen LogP contribution < -0.4 is 5.73 Å². The minimum Gasteiger partial charge on any atom is -0.380 e. The molecule has 1 fully saturated rings. The quantitative estimate of drug-likeness (QED) is 0.712. The van der Waals surface area contributed by atoms with E-state index in [0.717, 1.165) is 25.5 Å². The van der Waals surface area contributed by atoms with Crippen LogP contribution in [0, 0.1) is 11.7 Å². The first-order chi connectivity index (χ1) is 10.1. The van der Waals surface area contributed by atoms with Crippen LogP contribution in [0.5, 0.6) is 0 Å². The normalized spacial score (nSPS) is 18.0. The van der Waals surface area contributed by atoms with Gasteiger partial charge >= 0.3 is 0 Å². The highest BCUT2D eigenvalue weighted by Crippen LogP contribution is 2.29. The third-order valence-electron chi connectivity index (χ3n) is 4.21. The predicted molar refractivity (Wildman–Crippen MR) is 83.6 cm³/mol. The molecule has 2 rings (SSSR count). The van der Waals surface area contributed by atoms with Gasteiger partial charge in [-0.15, -0.1) is 0 Å². The summed E-state index contributed by atoms with van der Waals surface area (Å²) in [5, 5.41) is 0. The Kier molecular flexibility index (Phi) is 6.15. The van der Waals surface area contributed by atoms with Crippen molar-refractivity contribution in [2.75, 3.05) is 26.8 Å². The van der Waals surface area contributed by atoms with E-state index < -0.39 is 0 Å². The number of hydrogen-bond donors (Lipinski definition) is 1. The second-order valence-corrected chi connectivity index (χ2v) is 6.04. The zero-order valence-electron chi connectivity index (χ0n) is 13.1. The Morgan fingerprint density at radius 3 is 2.71 bits per heavy atom. The lowest BCUT2D eigenvalue weighted by molar-refractivity contribution is 0.0854. The number of halogens is 1. The molecule has 0 heterocycles. The second kappa shape index (κ2) is 7.87. The van der Waals surface area contributed by atoms with Gasteiger partial charge in [-0.1, -0.05) is 25.1 Å². The molecule has 2 N–H and O–H groups in total. The van der Waals surface area contributed by atoms with Crippen molar-refractivity contribution in [3.05, 3.63) is 35.6 Å². The Balaban J connectivity index is 1.95. The van der Waals surface area contributed by atoms with E-state index in [1.54, 1.807) is 6.07 Å². The summed E-state index contributed by atoms with van der Waals surface area (Å²) in [5.74, 6) is 0.590. The van der Waals surface area contributed by atoms with Gasteiger partial charge in [0.05, 0.1) is 12.6 Å². The molecular weight excluding hydrogens is 267 g/mol. The molecule has 1 aliphatic carbocycles. The highest BCUT2D eigenvalue weighted by atomic mass is 19.1. The fourth-order valence-corrected chi connectivity index (χ4v) is 2.62. The topological polar surface area (TPSA) is 38.5 Å². The molecule has 0 spiro atoms. The van der Waals surface area contributed by atoms with Crippen molar-refractivity contribution >= 4 is 0 Å². The van der Waals surface area contributed by atoms with Crippen molar-refractivity contribution in [1.82, 2.24) is 4.90 Å². The third-order valence-corrected chi connectivity index (χ3v) is 4.21. The Bertz CT molecular complexity index is 437. The average molecular weight is 294 g/mol. The van der Waals surface area contributed by atoms with Crippen molar-refractivity contribution in [1.29, 1.82) is 0 Å². The maximum absolute atomic E-state index is 14.1. The fourth-order valence-electron chi connectivity index (χ4n) is 2.62. The molecule has 2 atom stereocenters. The van der Waals surface area contributed by atoms with Crippen molar-refractivity contribution in [2.24, 2.45) is 11.7 Å². The molecule has 1 aromatic carbocycles. The van der Waals surface area contributed by atoms with Crippen LogP contribution in [-0.2, 0) is 4.74 Å². The number of nitrogens with zero attached hydrogens (tertiary/aromatic N) is 1. The predicted octanol–water partition coefficient (Wildman–Crippen LogP) is 2.96. The van der Waals surface area contributed by atoms with Crippen LogP contribution in [0.25, 0.3) is 0 Å². The third kappa shape index (κ3) is 4.77. The average Bonchev–Trinajstić information content (AvgIpc) is 3.30. The number of likely N-dealkylation sites (N-methyl/N-ethyl adjacent to an activating group) is 1. The summed E-state index contributed by atoms with van der Waals surface area (Å²) in [7, 11) is 1.99. The highest BCUT2D eigenvalue weighted by molar-refractivity contribution is 5.22. The first-order valence-corrected chi connectivity index (χ1v) is 7.91. The molecule has 2 unspecified atom stereocenters. The molecule has 0 aliphatic heterocycles. The van der Waals surface area contributed by atoms with Crippen LogP contribution in [0.3, 0.4) is 0 Å². The molecular formula is C17H27FN2O. The SMILES string of the molecule is CCC(N)C(c1ccccc1F)N(C)CCOCC1CC1. The van der Waals surface area contributed by atoms with E-state index >= 15 is 0 Å². The van der Waals surface area contributed by atoms with E-state index in [1.165, 1.54) is 18.9 Å². The zero-order chi connectivity index (χ0) is 15.2. The molecule has 118 valence electrons. The number of ether oxygens (including phenoxy) is 1. The van der Waals surface area contributed by atoms with E-state index in [4.69, 9.17) is 10.5 Å². The van der Waals surface area contributed by atoms with Crippen LogP contribution in [-0.4, -0.2) is 37.7 Å². The lowest BCUT2D eigenvalue weighted by atomic mass is 9.96. The van der Waals surface area contributed by atoms with E-state index in [9.17, 15) is 4.39 Å². The Morgan fingerprint density at radius 1 is 1.38 bits per heavy atom. The van der Waals surface area contributed by atoms with Gasteiger partial charge in [0.15, 0.2) is 0 Å². The Hall–Kier alpha value is -0.970. The van der Waals surface area contributed by atoms with Crippen LogP contribution in [0.15, 0.2) is 24.3 Å². The van der Waals surface area contributed by atoms with E-state index in [2.05, 4.69) is 4.90 Å². The molecule has 1 aliphatic rings. The highest BCUT2D eigenvalue weighted by Gasteiger charge is 2.26. The van der Waals surface area contributed by atoms with E-state index in [0.29, 0.717) is 12.2 Å². The Morgan fingerprint density at radius 2 is 2.10 bits per heavy atom. The van der Waals surface area contributed by atoms with Gasteiger partial charge in [0, 0.05) is 24.8 Å². The molecule has 0 radical (unpaired) electrons. The fraction of sp³-hybridized carbons (Fsp3) is 0.647. The molecule has 4 heteroatoms. The first kappa shape index (κ1) is 16.4. The molecule has 1 saturated carbocycles. The van der Waals surface area contributed by atoms with Crippen molar-refractivity contribution in [3.63, 3.8) is 0 Å². The monoisotopic (exact) mass is 294 g/mol.